The van der Waals surface area contributed by atoms with Crippen LogP contribution in [0.2, 0.25) is 0 Å². The molecule has 3 rings (SSSR count). The topological polar surface area (TPSA) is 131 Å². The van der Waals surface area contributed by atoms with E-state index in [9.17, 15) is 9.59 Å². The summed E-state index contributed by atoms with van der Waals surface area (Å²) < 4.78 is 17.8. The molecule has 3 atom stereocenters. The Balaban J connectivity index is 1.88. The number of anilines is 1. The van der Waals surface area contributed by atoms with E-state index in [1.54, 1.807) is 16.7 Å². The van der Waals surface area contributed by atoms with Crippen LogP contribution in [0.5, 0.6) is 0 Å². The smallest absolute Gasteiger partial charge is 0.303 e. The summed E-state index contributed by atoms with van der Waals surface area (Å²) in [5, 5.41) is 0. The van der Waals surface area contributed by atoms with Crippen molar-refractivity contribution in [3.8, 4) is 0 Å². The van der Waals surface area contributed by atoms with Gasteiger partial charge in [0.05, 0.1) is 6.33 Å². The molecular formula is C15H17N5O5. The number of nitrogen functional groups attached to an aromatic ring is 1. The molecule has 1 aliphatic rings. The van der Waals surface area contributed by atoms with Crippen LogP contribution >= 0.6 is 0 Å². The second-order valence-corrected chi connectivity index (χ2v) is 5.41. The monoisotopic (exact) mass is 347 g/mol. The molecule has 1 aliphatic heterocycles. The Morgan fingerprint density at radius 2 is 2.04 bits per heavy atom. The highest BCUT2D eigenvalue weighted by atomic mass is 16.6. The molecule has 0 unspecified atom stereocenters. The van der Waals surface area contributed by atoms with Gasteiger partial charge in [0.25, 0.3) is 0 Å². The van der Waals surface area contributed by atoms with Crippen LogP contribution in [0.25, 0.3) is 11.2 Å². The molecule has 0 saturated carbocycles. The first-order valence-electron chi connectivity index (χ1n) is 7.53. The van der Waals surface area contributed by atoms with Crippen molar-refractivity contribution in [2.45, 2.75) is 32.3 Å². The average Bonchev–Trinajstić information content (AvgIpc) is 2.99. The molecule has 0 spiro atoms. The SMILES string of the molecule is CC(=O)OC[C@H]1O[C@H](n2cnc3c(N)ncnc32)C=C[C@H]1OC(C)=O. The van der Waals surface area contributed by atoms with Crippen molar-refractivity contribution in [3.05, 3.63) is 24.8 Å². The van der Waals surface area contributed by atoms with E-state index in [1.165, 1.54) is 26.5 Å². The fourth-order valence-corrected chi connectivity index (χ4v) is 2.49. The second-order valence-electron chi connectivity index (χ2n) is 5.41. The lowest BCUT2D eigenvalue weighted by Gasteiger charge is -2.31. The van der Waals surface area contributed by atoms with E-state index in [4.69, 9.17) is 19.9 Å². The van der Waals surface area contributed by atoms with Gasteiger partial charge in [-0.05, 0) is 12.2 Å². The number of nitrogens with zero attached hydrogens (tertiary/aromatic N) is 4. The first kappa shape index (κ1) is 16.8. The van der Waals surface area contributed by atoms with Crippen LogP contribution in [0.15, 0.2) is 24.8 Å². The van der Waals surface area contributed by atoms with Gasteiger partial charge in [0, 0.05) is 13.8 Å². The van der Waals surface area contributed by atoms with E-state index in [1.807, 2.05) is 0 Å². The number of rotatable bonds is 4. The van der Waals surface area contributed by atoms with E-state index in [0.717, 1.165) is 0 Å². The maximum Gasteiger partial charge on any atom is 0.303 e. The van der Waals surface area contributed by atoms with Crippen molar-refractivity contribution >= 4 is 28.9 Å². The summed E-state index contributed by atoms with van der Waals surface area (Å²) in [4.78, 5) is 34.6. The zero-order valence-corrected chi connectivity index (χ0v) is 13.7. The fraction of sp³-hybridized carbons (Fsp3) is 0.400. The van der Waals surface area contributed by atoms with Crippen molar-refractivity contribution in [2.24, 2.45) is 0 Å². The van der Waals surface area contributed by atoms with E-state index in [2.05, 4.69) is 15.0 Å². The first-order valence-corrected chi connectivity index (χ1v) is 7.53. The Kier molecular flexibility index (Phi) is 4.61. The molecule has 132 valence electrons. The number of fused-ring (bicyclic) bond motifs is 1. The van der Waals surface area contributed by atoms with E-state index >= 15 is 0 Å². The Bertz CT molecular complexity index is 833. The highest BCUT2D eigenvalue weighted by Gasteiger charge is 2.32. The lowest BCUT2D eigenvalue weighted by atomic mass is 10.1. The minimum Gasteiger partial charge on any atom is -0.463 e. The molecule has 2 aromatic heterocycles. The maximum absolute atomic E-state index is 11.3. The van der Waals surface area contributed by atoms with Gasteiger partial charge in [0.15, 0.2) is 17.7 Å². The van der Waals surface area contributed by atoms with Gasteiger partial charge >= 0.3 is 11.9 Å². The molecule has 25 heavy (non-hydrogen) atoms. The molecule has 0 fully saturated rings. The molecule has 3 heterocycles. The van der Waals surface area contributed by atoms with Crippen LogP contribution in [0.4, 0.5) is 5.82 Å². The Morgan fingerprint density at radius 3 is 2.76 bits per heavy atom. The Hall–Kier alpha value is -3.01. The zero-order chi connectivity index (χ0) is 18.0. The number of imidazole rings is 1. The van der Waals surface area contributed by atoms with E-state index < -0.39 is 30.4 Å². The number of aromatic nitrogens is 4. The lowest BCUT2D eigenvalue weighted by molar-refractivity contribution is -0.167. The van der Waals surface area contributed by atoms with E-state index in [0.29, 0.717) is 11.2 Å². The van der Waals surface area contributed by atoms with Gasteiger partial charge in [0.2, 0.25) is 0 Å². The van der Waals surface area contributed by atoms with Gasteiger partial charge in [-0.2, -0.15) is 0 Å². The molecule has 0 saturated heterocycles. The van der Waals surface area contributed by atoms with Gasteiger partial charge < -0.3 is 19.9 Å². The molecule has 2 aromatic rings. The molecule has 0 aromatic carbocycles. The van der Waals surface area contributed by atoms with Gasteiger partial charge in [-0.3, -0.25) is 14.2 Å². The largest absolute Gasteiger partial charge is 0.463 e. The normalized spacial score (nSPS) is 22.7. The summed E-state index contributed by atoms with van der Waals surface area (Å²) in [6.45, 7) is 2.53. The molecule has 0 amide bonds. The van der Waals surface area contributed by atoms with Gasteiger partial charge in [-0.15, -0.1) is 0 Å². The highest BCUT2D eigenvalue weighted by Crippen LogP contribution is 2.27. The van der Waals surface area contributed by atoms with Crippen molar-refractivity contribution in [1.29, 1.82) is 0 Å². The third-order valence-electron chi connectivity index (χ3n) is 3.56. The fourth-order valence-electron chi connectivity index (χ4n) is 2.49. The molecule has 0 aliphatic carbocycles. The van der Waals surface area contributed by atoms with E-state index in [-0.39, 0.29) is 12.4 Å². The molecule has 10 nitrogen and oxygen atoms in total. The molecular weight excluding hydrogens is 330 g/mol. The molecule has 2 N–H and O–H groups in total. The molecule has 10 heteroatoms. The van der Waals surface area contributed by atoms with Crippen LogP contribution in [0.1, 0.15) is 20.1 Å². The predicted molar refractivity (Wildman–Crippen MR) is 85.0 cm³/mol. The number of hydrogen-bond acceptors (Lipinski definition) is 9. The third kappa shape index (κ3) is 3.58. The first-order chi connectivity index (χ1) is 12.0. The second kappa shape index (κ2) is 6.85. The number of nitrogens with two attached hydrogens (primary N) is 1. The van der Waals surface area contributed by atoms with Crippen molar-refractivity contribution in [2.75, 3.05) is 12.3 Å². The number of carbonyl (C=O) groups is 2. The quantitative estimate of drug-likeness (QED) is 0.615. The highest BCUT2D eigenvalue weighted by molar-refractivity contribution is 5.81. The third-order valence-corrected chi connectivity index (χ3v) is 3.56. The van der Waals surface area contributed by atoms with Crippen molar-refractivity contribution < 1.29 is 23.8 Å². The number of esters is 2. The maximum atomic E-state index is 11.3. The standard InChI is InChI=1S/C15H17N5O5/c1-8(21)23-5-11-10(24-9(2)22)3-4-12(25-11)20-7-19-13-14(16)17-6-18-15(13)20/h3-4,6-7,10-12H,5H2,1-2H3,(H2,16,17,18)/t10-,11-,12+/m1/s1. The van der Waals surface area contributed by atoms with Crippen LogP contribution in [0, 0.1) is 0 Å². The van der Waals surface area contributed by atoms with Crippen molar-refractivity contribution in [1.82, 2.24) is 19.5 Å². The summed E-state index contributed by atoms with van der Waals surface area (Å²) in [6.07, 6.45) is 4.34. The minimum absolute atomic E-state index is 0.0577. The van der Waals surface area contributed by atoms with Crippen LogP contribution < -0.4 is 5.73 Å². The van der Waals surface area contributed by atoms with Crippen LogP contribution in [-0.2, 0) is 23.8 Å². The molecule has 0 bridgehead atoms. The summed E-state index contributed by atoms with van der Waals surface area (Å²) in [6, 6.07) is 0. The number of ether oxygens (including phenoxy) is 3. The Labute approximate surface area is 142 Å². The van der Waals surface area contributed by atoms with Crippen LogP contribution in [0.3, 0.4) is 0 Å². The van der Waals surface area contributed by atoms with Gasteiger partial charge in [0.1, 0.15) is 30.7 Å². The van der Waals surface area contributed by atoms with Crippen molar-refractivity contribution in [3.63, 3.8) is 0 Å². The summed E-state index contributed by atoms with van der Waals surface area (Å²) in [5.74, 6) is -0.652. The van der Waals surface area contributed by atoms with Gasteiger partial charge in [-0.25, -0.2) is 15.0 Å². The number of hydrogen-bond donors (Lipinski definition) is 1. The zero-order valence-electron chi connectivity index (χ0n) is 13.7. The summed E-state index contributed by atoms with van der Waals surface area (Å²) >= 11 is 0. The summed E-state index contributed by atoms with van der Waals surface area (Å²) in [5.41, 5.74) is 6.74. The number of carbonyl (C=O) groups excluding carboxylic acids is 2. The minimum atomic E-state index is -0.667. The molecule has 0 radical (unpaired) electrons. The van der Waals surface area contributed by atoms with Gasteiger partial charge in [-0.1, -0.05) is 0 Å². The lowest BCUT2D eigenvalue weighted by Crippen LogP contribution is -2.40. The summed E-state index contributed by atoms with van der Waals surface area (Å²) in [7, 11) is 0. The predicted octanol–water partition coefficient (Wildman–Crippen LogP) is 0.357. The van der Waals surface area contributed by atoms with Crippen LogP contribution in [-0.4, -0.2) is 50.3 Å². The average molecular weight is 347 g/mol. The Morgan fingerprint density at radius 1 is 1.24 bits per heavy atom.